The van der Waals surface area contributed by atoms with Crippen molar-refractivity contribution in [3.05, 3.63) is 24.3 Å². The lowest BCUT2D eigenvalue weighted by molar-refractivity contribution is -0.124. The number of hydrogen-bond acceptors (Lipinski definition) is 4. The van der Waals surface area contributed by atoms with Crippen LogP contribution in [0.15, 0.2) is 29.2 Å². The van der Waals surface area contributed by atoms with Crippen LogP contribution in [-0.2, 0) is 14.8 Å². The van der Waals surface area contributed by atoms with E-state index in [4.69, 9.17) is 4.74 Å². The van der Waals surface area contributed by atoms with Crippen LogP contribution in [-0.4, -0.2) is 38.7 Å². The number of ketones is 1. The van der Waals surface area contributed by atoms with Crippen LogP contribution in [0, 0.1) is 5.92 Å². The number of benzene rings is 1. The number of ether oxygens (including phenoxy) is 1. The Bertz CT molecular complexity index is 565. The van der Waals surface area contributed by atoms with Crippen molar-refractivity contribution in [3.8, 4) is 5.75 Å². The second-order valence-corrected chi connectivity index (χ2v) is 6.59. The van der Waals surface area contributed by atoms with Crippen molar-refractivity contribution in [2.45, 2.75) is 18.2 Å². The number of nitrogens with zero attached hydrogens (tertiary/aromatic N) is 1. The van der Waals surface area contributed by atoms with Gasteiger partial charge in [-0.2, -0.15) is 4.31 Å². The van der Waals surface area contributed by atoms with Gasteiger partial charge in [0.25, 0.3) is 0 Å². The molecule has 0 spiro atoms. The zero-order chi connectivity index (χ0) is 14.0. The summed E-state index contributed by atoms with van der Waals surface area (Å²) < 4.78 is 31.2. The third-order valence-corrected chi connectivity index (χ3v) is 5.21. The molecule has 1 aliphatic rings. The van der Waals surface area contributed by atoms with Gasteiger partial charge in [-0.25, -0.2) is 8.42 Å². The minimum absolute atomic E-state index is 0.126. The van der Waals surface area contributed by atoms with Gasteiger partial charge in [-0.1, -0.05) is 6.92 Å². The van der Waals surface area contributed by atoms with Crippen molar-refractivity contribution in [1.82, 2.24) is 4.31 Å². The fourth-order valence-electron chi connectivity index (χ4n) is 2.09. The Labute approximate surface area is 113 Å². The molecular formula is C13H17NO4S. The highest BCUT2D eigenvalue weighted by Gasteiger charge is 2.32. The zero-order valence-corrected chi connectivity index (χ0v) is 11.8. The van der Waals surface area contributed by atoms with Crippen LogP contribution in [0.25, 0.3) is 0 Å². The molecule has 1 heterocycles. The van der Waals surface area contributed by atoms with Gasteiger partial charge in [-0.05, 0) is 24.3 Å². The lowest BCUT2D eigenvalue weighted by Gasteiger charge is -2.29. The van der Waals surface area contributed by atoms with Crippen molar-refractivity contribution < 1.29 is 17.9 Å². The molecule has 1 unspecified atom stereocenters. The Balaban J connectivity index is 2.24. The first kappa shape index (κ1) is 14.0. The summed E-state index contributed by atoms with van der Waals surface area (Å²) in [4.78, 5) is 11.7. The number of hydrogen-bond donors (Lipinski definition) is 0. The molecule has 0 amide bonds. The summed E-state index contributed by atoms with van der Waals surface area (Å²) in [5.41, 5.74) is 0. The van der Waals surface area contributed by atoms with Crippen molar-refractivity contribution in [1.29, 1.82) is 0 Å². The van der Waals surface area contributed by atoms with Crippen molar-refractivity contribution in [3.63, 3.8) is 0 Å². The molecule has 0 aliphatic carbocycles. The smallest absolute Gasteiger partial charge is 0.243 e. The molecule has 0 saturated carbocycles. The molecule has 0 radical (unpaired) electrons. The summed E-state index contributed by atoms with van der Waals surface area (Å²) in [5.74, 6) is 0.504. The van der Waals surface area contributed by atoms with Gasteiger partial charge in [-0.3, -0.25) is 4.79 Å². The molecule has 0 aromatic heterocycles. The van der Waals surface area contributed by atoms with Crippen LogP contribution in [0.2, 0.25) is 0 Å². The maximum absolute atomic E-state index is 12.4. The maximum Gasteiger partial charge on any atom is 0.243 e. The van der Waals surface area contributed by atoms with E-state index in [1.165, 1.54) is 23.5 Å². The third-order valence-electron chi connectivity index (χ3n) is 3.33. The zero-order valence-electron chi connectivity index (χ0n) is 11.0. The van der Waals surface area contributed by atoms with Gasteiger partial charge < -0.3 is 4.74 Å². The first-order chi connectivity index (χ1) is 8.95. The van der Waals surface area contributed by atoms with E-state index in [0.29, 0.717) is 5.75 Å². The number of carbonyl (C=O) groups excluding carboxylic acids is 1. The summed E-state index contributed by atoms with van der Waals surface area (Å²) in [5, 5.41) is 0. The van der Waals surface area contributed by atoms with E-state index in [0.717, 1.165) is 0 Å². The van der Waals surface area contributed by atoms with E-state index >= 15 is 0 Å². The van der Waals surface area contributed by atoms with Crippen LogP contribution in [0.3, 0.4) is 0 Å². The first-order valence-electron chi connectivity index (χ1n) is 6.12. The molecule has 1 aromatic carbocycles. The highest BCUT2D eigenvalue weighted by atomic mass is 32.2. The fraction of sp³-hybridized carbons (Fsp3) is 0.462. The number of Topliss-reactive ketones (excluding diaryl/α,β-unsaturated/α-hetero) is 1. The third kappa shape index (κ3) is 2.79. The molecule has 1 atom stereocenters. The Hall–Kier alpha value is -1.40. The van der Waals surface area contributed by atoms with Crippen LogP contribution in [0.5, 0.6) is 5.75 Å². The molecule has 19 heavy (non-hydrogen) atoms. The quantitative estimate of drug-likeness (QED) is 0.838. The highest BCUT2D eigenvalue weighted by Crippen LogP contribution is 2.23. The molecule has 6 heteroatoms. The Morgan fingerprint density at radius 3 is 2.42 bits per heavy atom. The minimum Gasteiger partial charge on any atom is -0.497 e. The maximum atomic E-state index is 12.4. The van der Waals surface area contributed by atoms with E-state index in [1.54, 1.807) is 19.1 Å². The average molecular weight is 283 g/mol. The molecule has 1 aromatic rings. The highest BCUT2D eigenvalue weighted by molar-refractivity contribution is 7.89. The van der Waals surface area contributed by atoms with E-state index in [-0.39, 0.29) is 36.1 Å². The van der Waals surface area contributed by atoms with E-state index in [2.05, 4.69) is 0 Å². The topological polar surface area (TPSA) is 63.7 Å². The van der Waals surface area contributed by atoms with Crippen molar-refractivity contribution in [2.75, 3.05) is 20.2 Å². The molecule has 1 saturated heterocycles. The molecule has 0 bridgehead atoms. The molecule has 2 rings (SSSR count). The number of sulfonamides is 1. The molecular weight excluding hydrogens is 266 g/mol. The van der Waals surface area contributed by atoms with Gasteiger partial charge in [0.2, 0.25) is 10.0 Å². The molecule has 104 valence electrons. The standard InChI is InChI=1S/C13H17NO4S/c1-10-9-14(8-7-13(10)15)19(16,17)12-5-3-11(18-2)4-6-12/h3-6,10H,7-9H2,1-2H3. The number of methoxy groups -OCH3 is 1. The van der Waals surface area contributed by atoms with E-state index < -0.39 is 10.0 Å². The van der Waals surface area contributed by atoms with Crippen LogP contribution in [0.4, 0.5) is 0 Å². The van der Waals surface area contributed by atoms with Gasteiger partial charge in [-0.15, -0.1) is 0 Å². The summed E-state index contributed by atoms with van der Waals surface area (Å²) in [6.45, 7) is 2.28. The molecule has 0 N–H and O–H groups in total. The van der Waals surface area contributed by atoms with Gasteiger partial charge >= 0.3 is 0 Å². The van der Waals surface area contributed by atoms with E-state index in [9.17, 15) is 13.2 Å². The summed E-state index contributed by atoms with van der Waals surface area (Å²) in [6.07, 6.45) is 0.288. The number of carbonyl (C=O) groups is 1. The normalized spacial score (nSPS) is 21.4. The van der Waals surface area contributed by atoms with Crippen molar-refractivity contribution in [2.24, 2.45) is 5.92 Å². The van der Waals surface area contributed by atoms with Gasteiger partial charge in [0.05, 0.1) is 12.0 Å². The van der Waals surface area contributed by atoms with Crippen LogP contribution >= 0.6 is 0 Å². The van der Waals surface area contributed by atoms with Crippen LogP contribution < -0.4 is 4.74 Å². The lowest BCUT2D eigenvalue weighted by Crippen LogP contribution is -2.43. The number of rotatable bonds is 3. The first-order valence-corrected chi connectivity index (χ1v) is 7.56. The predicted molar refractivity (Wildman–Crippen MR) is 70.5 cm³/mol. The van der Waals surface area contributed by atoms with Gasteiger partial charge in [0.15, 0.2) is 0 Å². The Morgan fingerprint density at radius 1 is 1.26 bits per heavy atom. The molecule has 5 nitrogen and oxygen atoms in total. The van der Waals surface area contributed by atoms with Gasteiger partial charge in [0.1, 0.15) is 11.5 Å². The second kappa shape index (κ2) is 5.30. The van der Waals surface area contributed by atoms with Crippen LogP contribution in [0.1, 0.15) is 13.3 Å². The largest absolute Gasteiger partial charge is 0.497 e. The molecule has 1 aliphatic heterocycles. The SMILES string of the molecule is COc1ccc(S(=O)(=O)N2CCC(=O)C(C)C2)cc1. The second-order valence-electron chi connectivity index (χ2n) is 4.66. The van der Waals surface area contributed by atoms with E-state index in [1.807, 2.05) is 0 Å². The summed E-state index contributed by atoms with van der Waals surface area (Å²) in [6, 6.07) is 6.28. The van der Waals surface area contributed by atoms with Gasteiger partial charge in [0, 0.05) is 25.4 Å². The Kier molecular flexibility index (Phi) is 3.91. The average Bonchev–Trinajstić information content (AvgIpc) is 2.41. The minimum atomic E-state index is -3.52. The monoisotopic (exact) mass is 283 g/mol. The fourth-order valence-corrected chi connectivity index (χ4v) is 3.62. The number of piperidine rings is 1. The Morgan fingerprint density at radius 2 is 1.89 bits per heavy atom. The van der Waals surface area contributed by atoms with Crippen molar-refractivity contribution >= 4 is 15.8 Å². The lowest BCUT2D eigenvalue weighted by atomic mass is 10.0. The molecule has 1 fully saturated rings. The predicted octanol–water partition coefficient (Wildman–Crippen LogP) is 1.29. The summed E-state index contributed by atoms with van der Waals surface area (Å²) in [7, 11) is -1.99. The summed E-state index contributed by atoms with van der Waals surface area (Å²) >= 11 is 0.